The van der Waals surface area contributed by atoms with E-state index in [-0.39, 0.29) is 0 Å². The van der Waals surface area contributed by atoms with Crippen LogP contribution >= 0.6 is 0 Å². The van der Waals surface area contributed by atoms with Gasteiger partial charge in [0.05, 0.1) is 0 Å². The van der Waals surface area contributed by atoms with Crippen LogP contribution in [0.1, 0.15) is 34.7 Å². The Bertz CT molecular complexity index is 659. The average molecular weight is 393 g/mol. The molecule has 2 rings (SSSR count). The Labute approximate surface area is 173 Å². The number of hydrogen-bond donors (Lipinski definition) is 0. The Morgan fingerprint density at radius 3 is 1.54 bits per heavy atom. The van der Waals surface area contributed by atoms with Gasteiger partial charge in [-0.2, -0.15) is 0 Å². The molecule has 0 aliphatic carbocycles. The fourth-order valence-corrected chi connectivity index (χ4v) is 3.33. The monoisotopic (exact) mass is 392 g/mol. The largest absolute Gasteiger partial charge is 0.298 e. The quantitative estimate of drug-likeness (QED) is 0.253. The Morgan fingerprint density at radius 1 is 0.786 bits per heavy atom. The highest BCUT2D eigenvalue weighted by molar-refractivity contribution is 6.76. The number of hydrogen-bond acceptors (Lipinski definition) is 1. The normalized spacial score (nSPS) is 9.86. The van der Waals surface area contributed by atoms with Crippen LogP contribution in [0.5, 0.6) is 0 Å². The molecule has 0 fully saturated rings. The molecular weight excluding hydrogens is 356 g/mol. The van der Waals surface area contributed by atoms with Crippen LogP contribution in [-0.4, -0.2) is 14.4 Å². The molecule has 0 saturated carbocycles. The van der Waals surface area contributed by atoms with Gasteiger partial charge >= 0.3 is 0 Å². The number of allylic oxidation sites excluding steroid dienone is 3. The van der Waals surface area contributed by atoms with Crippen molar-refractivity contribution in [2.75, 3.05) is 0 Å². The van der Waals surface area contributed by atoms with Crippen molar-refractivity contribution in [1.82, 2.24) is 0 Å². The van der Waals surface area contributed by atoms with Gasteiger partial charge in [0.2, 0.25) is 0 Å². The molecule has 0 aromatic heterocycles. The number of carbonyl (C=O) groups excluding carboxylic acids is 1. The van der Waals surface area contributed by atoms with Gasteiger partial charge in [0.1, 0.15) is 6.29 Å². The van der Waals surface area contributed by atoms with Gasteiger partial charge in [-0.25, -0.2) is 0 Å². The van der Waals surface area contributed by atoms with Crippen molar-refractivity contribution in [1.29, 1.82) is 0 Å². The van der Waals surface area contributed by atoms with Crippen molar-refractivity contribution in [2.24, 2.45) is 0 Å². The van der Waals surface area contributed by atoms with E-state index in [9.17, 15) is 4.79 Å². The summed E-state index contributed by atoms with van der Waals surface area (Å²) in [5.74, 6) is 0.552. The van der Waals surface area contributed by atoms with E-state index < -0.39 is 8.07 Å². The van der Waals surface area contributed by atoms with E-state index in [1.807, 2.05) is 42.5 Å². The van der Waals surface area contributed by atoms with E-state index in [4.69, 9.17) is 0 Å². The van der Waals surface area contributed by atoms with Crippen molar-refractivity contribution in [3.05, 3.63) is 110 Å². The first-order chi connectivity index (χ1) is 13.4. The summed E-state index contributed by atoms with van der Waals surface area (Å²) in [6.45, 7) is 18.3. The molecule has 0 N–H and O–H groups in total. The van der Waals surface area contributed by atoms with Crippen molar-refractivity contribution < 1.29 is 4.79 Å². The van der Waals surface area contributed by atoms with Gasteiger partial charge in [-0.15, -0.1) is 19.7 Å². The minimum Gasteiger partial charge on any atom is -0.298 e. The van der Waals surface area contributed by atoms with Crippen LogP contribution in [0.2, 0.25) is 25.7 Å². The van der Waals surface area contributed by atoms with Crippen molar-refractivity contribution >= 4 is 14.4 Å². The van der Waals surface area contributed by atoms with Crippen LogP contribution in [0.15, 0.2) is 98.6 Å². The van der Waals surface area contributed by atoms with Gasteiger partial charge < -0.3 is 0 Å². The maximum absolute atomic E-state index is 10.0. The van der Waals surface area contributed by atoms with E-state index >= 15 is 0 Å². The van der Waals surface area contributed by atoms with E-state index in [0.29, 0.717) is 5.92 Å². The first-order valence-electron chi connectivity index (χ1n) is 9.75. The molecule has 0 heterocycles. The standard InChI is InChI=1S/C13H16.C7H6O.C6H14Si/c1-3-8-12(9-4-2)13-10-6-5-7-11-13;8-6-7-4-2-1-3-5-7;1-5-6-7(2,3)4/h3-7,10-12H,1-2,8-9H2;1-6H;5H,1,6H2,2-4H3. The first-order valence-corrected chi connectivity index (χ1v) is 13.5. The molecule has 0 unspecified atom stereocenters. The third-order valence-electron chi connectivity index (χ3n) is 3.87. The summed E-state index contributed by atoms with van der Waals surface area (Å²) in [7, 11) is -0.775. The molecule has 2 heteroatoms. The fraction of sp³-hybridized carbons (Fsp3) is 0.269. The SMILES string of the molecule is C=CCC(CC=C)c1ccccc1.C=CC[Si](C)(C)C.O=Cc1ccccc1. The average Bonchev–Trinajstić information content (AvgIpc) is 2.69. The second-order valence-corrected chi connectivity index (χ2v) is 13.3. The zero-order valence-corrected chi connectivity index (χ0v) is 18.8. The van der Waals surface area contributed by atoms with E-state index in [1.54, 1.807) is 12.1 Å². The van der Waals surface area contributed by atoms with Crippen LogP contribution < -0.4 is 0 Å². The molecule has 2 aromatic rings. The summed E-state index contributed by atoms with van der Waals surface area (Å²) in [4.78, 5) is 10.0. The van der Waals surface area contributed by atoms with Gasteiger partial charge in [-0.3, -0.25) is 4.79 Å². The molecule has 2 aromatic carbocycles. The molecule has 0 aliphatic heterocycles. The fourth-order valence-electron chi connectivity index (χ4n) is 2.46. The lowest BCUT2D eigenvalue weighted by Crippen LogP contribution is -2.16. The Morgan fingerprint density at radius 2 is 1.25 bits per heavy atom. The van der Waals surface area contributed by atoms with E-state index in [0.717, 1.165) is 24.7 Å². The third-order valence-corrected chi connectivity index (χ3v) is 5.38. The summed E-state index contributed by atoms with van der Waals surface area (Å²) in [6, 6.07) is 20.9. The first kappa shape index (κ1) is 25.5. The third kappa shape index (κ3) is 13.7. The maximum atomic E-state index is 10.0. The topological polar surface area (TPSA) is 17.1 Å². The van der Waals surface area contributed by atoms with Crippen molar-refractivity contribution in [3.8, 4) is 0 Å². The molecule has 28 heavy (non-hydrogen) atoms. The lowest BCUT2D eigenvalue weighted by molar-refractivity contribution is 0.112. The van der Waals surface area contributed by atoms with E-state index in [2.05, 4.69) is 63.6 Å². The molecule has 1 nitrogen and oxygen atoms in total. The van der Waals surface area contributed by atoms with Crippen LogP contribution in [0, 0.1) is 0 Å². The molecule has 0 bridgehead atoms. The van der Waals surface area contributed by atoms with Crippen LogP contribution in [-0.2, 0) is 0 Å². The summed E-state index contributed by atoms with van der Waals surface area (Å²) in [5, 5.41) is 0. The summed E-state index contributed by atoms with van der Waals surface area (Å²) in [6.07, 6.45) is 8.85. The lowest BCUT2D eigenvalue weighted by atomic mass is 9.93. The van der Waals surface area contributed by atoms with Gasteiger partial charge in [-0.1, -0.05) is 98.5 Å². The zero-order valence-electron chi connectivity index (χ0n) is 17.8. The Hall–Kier alpha value is -2.45. The second-order valence-electron chi connectivity index (χ2n) is 7.74. The lowest BCUT2D eigenvalue weighted by Gasteiger charge is -2.12. The second kappa shape index (κ2) is 15.6. The van der Waals surface area contributed by atoms with Crippen LogP contribution in [0.3, 0.4) is 0 Å². The highest BCUT2D eigenvalue weighted by Gasteiger charge is 2.08. The molecule has 0 radical (unpaired) electrons. The highest BCUT2D eigenvalue weighted by Crippen LogP contribution is 2.23. The summed E-state index contributed by atoms with van der Waals surface area (Å²) >= 11 is 0. The molecule has 150 valence electrons. The Kier molecular flexibility index (Phi) is 14.2. The summed E-state index contributed by atoms with van der Waals surface area (Å²) < 4.78 is 0. The van der Waals surface area contributed by atoms with Gasteiger partial charge in [0.25, 0.3) is 0 Å². The van der Waals surface area contributed by atoms with Crippen molar-refractivity contribution in [2.45, 2.75) is 44.4 Å². The van der Waals surface area contributed by atoms with Gasteiger partial charge in [0.15, 0.2) is 0 Å². The van der Waals surface area contributed by atoms with Crippen LogP contribution in [0.4, 0.5) is 0 Å². The zero-order chi connectivity index (χ0) is 21.3. The summed E-state index contributed by atoms with van der Waals surface area (Å²) in [5.41, 5.74) is 2.11. The predicted octanol–water partition coefficient (Wildman–Crippen LogP) is 7.93. The number of carbonyl (C=O) groups is 1. The molecule has 0 saturated heterocycles. The van der Waals surface area contributed by atoms with Crippen LogP contribution in [0.25, 0.3) is 0 Å². The number of benzene rings is 2. The molecular formula is C26H36OSi. The number of aldehydes is 1. The molecule has 0 aliphatic rings. The van der Waals surface area contributed by atoms with Gasteiger partial charge in [-0.05, 0) is 30.4 Å². The van der Waals surface area contributed by atoms with E-state index in [1.165, 1.54) is 11.6 Å². The molecule has 0 amide bonds. The van der Waals surface area contributed by atoms with Crippen molar-refractivity contribution in [3.63, 3.8) is 0 Å². The number of rotatable bonds is 8. The maximum Gasteiger partial charge on any atom is 0.150 e. The minimum atomic E-state index is -0.775. The minimum absolute atomic E-state index is 0.552. The predicted molar refractivity (Wildman–Crippen MR) is 129 cm³/mol. The Balaban J connectivity index is 0.000000419. The molecule has 0 spiro atoms. The molecule has 0 atom stereocenters. The van der Waals surface area contributed by atoms with Gasteiger partial charge in [0, 0.05) is 13.6 Å². The smallest absolute Gasteiger partial charge is 0.150 e. The highest BCUT2D eigenvalue weighted by atomic mass is 28.3.